The Balaban J connectivity index is 2.81. The van der Waals surface area contributed by atoms with E-state index >= 15 is 0 Å². The first kappa shape index (κ1) is 17.0. The number of hydrogen-bond donors (Lipinski definition) is 0. The van der Waals surface area contributed by atoms with E-state index in [0.29, 0.717) is 0 Å². The highest BCUT2D eigenvalue weighted by molar-refractivity contribution is 5.11. The van der Waals surface area contributed by atoms with Crippen LogP contribution in [0.1, 0.15) is 73.1 Å². The Hall–Kier alpha value is -1.04. The van der Waals surface area contributed by atoms with E-state index < -0.39 is 0 Å². The van der Waals surface area contributed by atoms with Gasteiger partial charge in [-0.1, -0.05) is 60.9 Å². The smallest absolute Gasteiger partial charge is 0.0140 e. The summed E-state index contributed by atoms with van der Waals surface area (Å²) < 4.78 is 0. The average molecular weight is 272 g/mol. The van der Waals surface area contributed by atoms with Crippen LogP contribution in [0.3, 0.4) is 0 Å². The van der Waals surface area contributed by atoms with Crippen LogP contribution in [0, 0.1) is 5.41 Å². The van der Waals surface area contributed by atoms with Gasteiger partial charge in [0, 0.05) is 0 Å². The summed E-state index contributed by atoms with van der Waals surface area (Å²) in [5.74, 6) is 0. The third kappa shape index (κ3) is 7.53. The molecule has 0 nitrogen and oxygen atoms in total. The van der Waals surface area contributed by atoms with E-state index in [4.69, 9.17) is 0 Å². The predicted molar refractivity (Wildman–Crippen MR) is 91.9 cm³/mol. The molecule has 0 aromatic carbocycles. The van der Waals surface area contributed by atoms with Gasteiger partial charge >= 0.3 is 0 Å². The molecule has 112 valence electrons. The minimum atomic E-state index is 0.271. The van der Waals surface area contributed by atoms with E-state index in [1.54, 1.807) is 0 Å². The van der Waals surface area contributed by atoms with Crippen molar-refractivity contribution in [3.8, 4) is 0 Å². The predicted octanol–water partition coefficient (Wildman–Crippen LogP) is 6.76. The quantitative estimate of drug-likeness (QED) is 0.427. The van der Waals surface area contributed by atoms with Crippen LogP contribution in [0.25, 0.3) is 0 Å². The van der Waals surface area contributed by atoms with Crippen LogP contribution in [-0.2, 0) is 0 Å². The molecule has 1 rings (SSSR count). The standard InChI is InChI=1S/C20H32/c1-17-9-6-11-18(2)13-8-15-20(4,5)16-14-19(3)12-7-10-17/h8,10-11,14-15H,6-7,9,12-13,16H2,1-5H3/b15-8+,17-10-,18-11+,19-14+. The number of rotatable bonds is 0. The maximum Gasteiger partial charge on any atom is -0.0140 e. The largest absolute Gasteiger partial charge is 0.0853 e. The average Bonchev–Trinajstić information content (AvgIpc) is 2.35. The zero-order valence-corrected chi connectivity index (χ0v) is 14.1. The van der Waals surface area contributed by atoms with Gasteiger partial charge in [0.05, 0.1) is 0 Å². The molecule has 0 heteroatoms. The molecule has 1 aliphatic carbocycles. The summed E-state index contributed by atoms with van der Waals surface area (Å²) in [6, 6.07) is 0. The third-order valence-corrected chi connectivity index (χ3v) is 4.05. The zero-order chi connectivity index (χ0) is 15.0. The molecule has 0 spiro atoms. The van der Waals surface area contributed by atoms with Gasteiger partial charge < -0.3 is 0 Å². The van der Waals surface area contributed by atoms with Gasteiger partial charge in [-0.25, -0.2) is 0 Å². The number of allylic oxidation sites excluding steroid dienone is 8. The van der Waals surface area contributed by atoms with Gasteiger partial charge in [-0.15, -0.1) is 0 Å². The molecule has 0 bridgehead atoms. The highest BCUT2D eigenvalue weighted by atomic mass is 14.2. The second-order valence-electron chi connectivity index (χ2n) is 7.03. The van der Waals surface area contributed by atoms with E-state index in [-0.39, 0.29) is 5.41 Å². The van der Waals surface area contributed by atoms with Crippen molar-refractivity contribution >= 4 is 0 Å². The maximum atomic E-state index is 2.43. The van der Waals surface area contributed by atoms with Gasteiger partial charge in [-0.05, 0) is 64.7 Å². The molecule has 0 saturated heterocycles. The van der Waals surface area contributed by atoms with Crippen molar-refractivity contribution in [3.05, 3.63) is 47.1 Å². The molecule has 0 unspecified atom stereocenters. The van der Waals surface area contributed by atoms with Gasteiger partial charge in [-0.3, -0.25) is 0 Å². The first-order valence-electron chi connectivity index (χ1n) is 8.04. The van der Waals surface area contributed by atoms with Crippen molar-refractivity contribution in [2.45, 2.75) is 73.1 Å². The fraction of sp³-hybridized carbons (Fsp3) is 0.600. The fourth-order valence-corrected chi connectivity index (χ4v) is 2.45. The normalized spacial score (nSPS) is 31.6. The Kier molecular flexibility index (Phi) is 7.05. The fourth-order valence-electron chi connectivity index (χ4n) is 2.45. The van der Waals surface area contributed by atoms with Crippen molar-refractivity contribution < 1.29 is 0 Å². The second-order valence-corrected chi connectivity index (χ2v) is 7.03. The lowest BCUT2D eigenvalue weighted by atomic mass is 9.87. The molecule has 0 fully saturated rings. The highest BCUT2D eigenvalue weighted by Gasteiger charge is 2.11. The summed E-state index contributed by atoms with van der Waals surface area (Å²) >= 11 is 0. The van der Waals surface area contributed by atoms with Gasteiger partial charge in [0.2, 0.25) is 0 Å². The Labute approximate surface area is 126 Å². The summed E-state index contributed by atoms with van der Waals surface area (Å²) in [6.07, 6.45) is 19.0. The molecule has 0 radical (unpaired) electrons. The zero-order valence-electron chi connectivity index (χ0n) is 14.1. The van der Waals surface area contributed by atoms with Crippen LogP contribution in [0.5, 0.6) is 0 Å². The first-order valence-corrected chi connectivity index (χ1v) is 8.04. The van der Waals surface area contributed by atoms with Gasteiger partial charge in [0.25, 0.3) is 0 Å². The van der Waals surface area contributed by atoms with Crippen molar-refractivity contribution in [1.29, 1.82) is 0 Å². The molecule has 0 aromatic rings. The molecule has 0 heterocycles. The second kappa shape index (κ2) is 8.29. The van der Waals surface area contributed by atoms with Crippen molar-refractivity contribution in [2.24, 2.45) is 5.41 Å². The third-order valence-electron chi connectivity index (χ3n) is 4.05. The minimum absolute atomic E-state index is 0.271. The van der Waals surface area contributed by atoms with E-state index in [1.165, 1.54) is 42.4 Å². The molecule has 0 N–H and O–H groups in total. The van der Waals surface area contributed by atoms with E-state index in [1.807, 2.05) is 0 Å². The monoisotopic (exact) mass is 272 g/mol. The van der Waals surface area contributed by atoms with E-state index in [2.05, 4.69) is 65.0 Å². The van der Waals surface area contributed by atoms with Gasteiger partial charge in [0.1, 0.15) is 0 Å². The first-order chi connectivity index (χ1) is 9.39. The molecular formula is C20H32. The van der Waals surface area contributed by atoms with Crippen molar-refractivity contribution in [2.75, 3.05) is 0 Å². The van der Waals surface area contributed by atoms with E-state index in [9.17, 15) is 0 Å². The lowest BCUT2D eigenvalue weighted by Gasteiger charge is -2.18. The molecule has 0 aromatic heterocycles. The Morgan fingerprint density at radius 2 is 1.35 bits per heavy atom. The molecule has 20 heavy (non-hydrogen) atoms. The summed E-state index contributed by atoms with van der Waals surface area (Å²) in [5, 5.41) is 0. The van der Waals surface area contributed by atoms with Crippen LogP contribution in [0.4, 0.5) is 0 Å². The van der Waals surface area contributed by atoms with Crippen LogP contribution < -0.4 is 0 Å². The van der Waals surface area contributed by atoms with Crippen LogP contribution in [0.2, 0.25) is 0 Å². The van der Waals surface area contributed by atoms with Crippen molar-refractivity contribution in [1.82, 2.24) is 0 Å². The molecule has 1 aliphatic rings. The van der Waals surface area contributed by atoms with Crippen LogP contribution in [-0.4, -0.2) is 0 Å². The molecule has 0 saturated carbocycles. The summed E-state index contributed by atoms with van der Waals surface area (Å²) in [4.78, 5) is 0. The van der Waals surface area contributed by atoms with E-state index in [0.717, 1.165) is 12.8 Å². The topological polar surface area (TPSA) is 0 Å². The molecule has 0 atom stereocenters. The van der Waals surface area contributed by atoms with Crippen LogP contribution >= 0.6 is 0 Å². The molecule has 0 aliphatic heterocycles. The SMILES string of the molecule is C/C1=C/CC/C(C)=C/CC(C)(C)/C=C/C/C(C)=C/CC1. The Bertz CT molecular complexity index is 413. The molecular weight excluding hydrogens is 240 g/mol. The van der Waals surface area contributed by atoms with Gasteiger partial charge in [-0.2, -0.15) is 0 Å². The summed E-state index contributed by atoms with van der Waals surface area (Å²) in [5.41, 5.74) is 4.83. The van der Waals surface area contributed by atoms with Crippen LogP contribution in [0.15, 0.2) is 47.1 Å². The lowest BCUT2D eigenvalue weighted by Crippen LogP contribution is -2.05. The number of hydrogen-bond acceptors (Lipinski definition) is 0. The minimum Gasteiger partial charge on any atom is -0.0853 e. The Morgan fingerprint density at radius 1 is 0.800 bits per heavy atom. The molecule has 0 amide bonds. The lowest BCUT2D eigenvalue weighted by molar-refractivity contribution is 0.485. The van der Waals surface area contributed by atoms with Gasteiger partial charge in [0.15, 0.2) is 0 Å². The summed E-state index contributed by atoms with van der Waals surface area (Å²) in [6.45, 7) is 11.4. The maximum absolute atomic E-state index is 2.43. The highest BCUT2D eigenvalue weighted by Crippen LogP contribution is 2.25. The summed E-state index contributed by atoms with van der Waals surface area (Å²) in [7, 11) is 0. The van der Waals surface area contributed by atoms with Crippen molar-refractivity contribution in [3.63, 3.8) is 0 Å². The Morgan fingerprint density at radius 3 is 2.00 bits per heavy atom.